The van der Waals surface area contributed by atoms with Crippen molar-refractivity contribution in [3.8, 4) is 11.8 Å². The number of hydrogen-bond acceptors (Lipinski definition) is 4. The number of benzene rings is 2. The van der Waals surface area contributed by atoms with Crippen LogP contribution >= 0.6 is 0 Å². The lowest BCUT2D eigenvalue weighted by Gasteiger charge is -2.42. The van der Waals surface area contributed by atoms with Crippen molar-refractivity contribution in [2.75, 3.05) is 26.2 Å². The van der Waals surface area contributed by atoms with Gasteiger partial charge in [-0.15, -0.1) is 0 Å². The zero-order chi connectivity index (χ0) is 20.1. The third-order valence-electron chi connectivity index (χ3n) is 6.52. The molecule has 4 rings (SSSR count). The Morgan fingerprint density at radius 1 is 0.966 bits per heavy atom. The molecule has 2 aliphatic rings. The van der Waals surface area contributed by atoms with E-state index in [-0.39, 0.29) is 0 Å². The van der Waals surface area contributed by atoms with Crippen molar-refractivity contribution >= 4 is 0 Å². The van der Waals surface area contributed by atoms with Crippen LogP contribution < -0.4 is 4.74 Å². The molecule has 1 aliphatic carbocycles. The van der Waals surface area contributed by atoms with Crippen LogP contribution in [0.25, 0.3) is 0 Å². The zero-order valence-corrected chi connectivity index (χ0v) is 17.0. The minimum atomic E-state index is -0.647. The van der Waals surface area contributed by atoms with Gasteiger partial charge in [0.25, 0.3) is 0 Å². The van der Waals surface area contributed by atoms with E-state index in [1.165, 1.54) is 0 Å². The summed E-state index contributed by atoms with van der Waals surface area (Å²) in [5.74, 6) is 1.60. The number of likely N-dealkylation sites (tertiary alicyclic amines) is 1. The van der Waals surface area contributed by atoms with E-state index in [1.54, 1.807) is 12.1 Å². The molecule has 2 aromatic rings. The van der Waals surface area contributed by atoms with Gasteiger partial charge in [0, 0.05) is 6.54 Å². The first kappa shape index (κ1) is 19.9. The van der Waals surface area contributed by atoms with E-state index < -0.39 is 5.60 Å². The number of aliphatic hydroxyl groups is 1. The number of rotatable bonds is 8. The van der Waals surface area contributed by atoms with Crippen LogP contribution in [0.5, 0.6) is 5.75 Å². The van der Waals surface area contributed by atoms with Crippen molar-refractivity contribution in [3.05, 3.63) is 65.7 Å². The summed E-state index contributed by atoms with van der Waals surface area (Å²) in [7, 11) is 0. The number of hydrogen-bond donors (Lipinski definition) is 1. The lowest BCUT2D eigenvalue weighted by atomic mass is 9.73. The molecule has 2 aromatic carbocycles. The van der Waals surface area contributed by atoms with Crippen LogP contribution in [0.2, 0.25) is 0 Å². The van der Waals surface area contributed by atoms with Crippen molar-refractivity contribution in [1.82, 2.24) is 4.90 Å². The molecule has 0 bridgehead atoms. The molecular weight excluding hydrogens is 360 g/mol. The Balaban J connectivity index is 1.23. The standard InChI is InChI=1S/C25H30N2O2/c26-19-20-7-11-24(12-8-20)29-18-4-15-27-16-13-23(14-17-27)25(28,22-9-10-22)21-5-2-1-3-6-21/h1-3,5-8,11-12,22-23,28H,4,9-10,13-18H2/t25-/m1/s1. The van der Waals surface area contributed by atoms with Crippen LogP contribution in [0.4, 0.5) is 0 Å². The molecule has 0 amide bonds. The molecule has 1 atom stereocenters. The Hall–Kier alpha value is -2.35. The molecule has 4 heteroatoms. The summed E-state index contributed by atoms with van der Waals surface area (Å²) >= 11 is 0. The molecular formula is C25H30N2O2. The van der Waals surface area contributed by atoms with Gasteiger partial charge in [-0.3, -0.25) is 0 Å². The molecule has 1 saturated carbocycles. The maximum atomic E-state index is 11.7. The Bertz CT molecular complexity index is 818. The minimum Gasteiger partial charge on any atom is -0.494 e. The third-order valence-corrected chi connectivity index (χ3v) is 6.52. The van der Waals surface area contributed by atoms with Crippen LogP contribution in [-0.4, -0.2) is 36.2 Å². The summed E-state index contributed by atoms with van der Waals surface area (Å²) in [5.41, 5.74) is 1.12. The topological polar surface area (TPSA) is 56.5 Å². The Morgan fingerprint density at radius 3 is 2.24 bits per heavy atom. The van der Waals surface area contributed by atoms with Gasteiger partial charge < -0.3 is 14.7 Å². The number of nitrogens with zero attached hydrogens (tertiary/aromatic N) is 2. The molecule has 2 fully saturated rings. The maximum absolute atomic E-state index is 11.7. The molecule has 29 heavy (non-hydrogen) atoms. The fourth-order valence-corrected chi connectivity index (χ4v) is 4.73. The van der Waals surface area contributed by atoms with E-state index in [2.05, 4.69) is 23.1 Å². The van der Waals surface area contributed by atoms with Crippen LogP contribution in [0, 0.1) is 23.2 Å². The van der Waals surface area contributed by atoms with Crippen LogP contribution in [0.1, 0.15) is 43.2 Å². The van der Waals surface area contributed by atoms with E-state index in [4.69, 9.17) is 10.00 Å². The molecule has 4 nitrogen and oxygen atoms in total. The fourth-order valence-electron chi connectivity index (χ4n) is 4.73. The Labute approximate surface area is 173 Å². The second-order valence-electron chi connectivity index (χ2n) is 8.42. The van der Waals surface area contributed by atoms with Gasteiger partial charge in [-0.2, -0.15) is 5.26 Å². The van der Waals surface area contributed by atoms with Gasteiger partial charge >= 0.3 is 0 Å². The molecule has 1 N–H and O–H groups in total. The quantitative estimate of drug-likeness (QED) is 0.682. The van der Waals surface area contributed by atoms with Crippen molar-refractivity contribution in [2.24, 2.45) is 11.8 Å². The summed E-state index contributed by atoms with van der Waals surface area (Å²) in [6.07, 6.45) is 5.39. The summed E-state index contributed by atoms with van der Waals surface area (Å²) in [6, 6.07) is 19.7. The van der Waals surface area contributed by atoms with E-state index in [0.717, 1.165) is 63.1 Å². The Kier molecular flexibility index (Phi) is 6.18. The predicted molar refractivity (Wildman–Crippen MR) is 113 cm³/mol. The molecule has 152 valence electrons. The van der Waals surface area contributed by atoms with Gasteiger partial charge in [-0.1, -0.05) is 30.3 Å². The van der Waals surface area contributed by atoms with E-state index in [9.17, 15) is 5.11 Å². The van der Waals surface area contributed by atoms with Gasteiger partial charge in [-0.05, 0) is 86.9 Å². The van der Waals surface area contributed by atoms with Gasteiger partial charge in [0.15, 0.2) is 0 Å². The van der Waals surface area contributed by atoms with Crippen molar-refractivity contribution in [3.63, 3.8) is 0 Å². The van der Waals surface area contributed by atoms with Crippen molar-refractivity contribution in [2.45, 2.75) is 37.7 Å². The molecule has 0 aromatic heterocycles. The molecule has 1 aliphatic heterocycles. The highest BCUT2D eigenvalue weighted by Crippen LogP contribution is 2.52. The van der Waals surface area contributed by atoms with Gasteiger partial charge in [0.05, 0.1) is 23.8 Å². The predicted octanol–water partition coefficient (Wildman–Crippen LogP) is 4.34. The molecule has 0 radical (unpaired) electrons. The fraction of sp³-hybridized carbons (Fsp3) is 0.480. The summed E-state index contributed by atoms with van der Waals surface area (Å²) in [6.45, 7) is 3.80. The minimum absolute atomic E-state index is 0.351. The van der Waals surface area contributed by atoms with Crippen LogP contribution in [0.3, 0.4) is 0 Å². The van der Waals surface area contributed by atoms with E-state index in [0.29, 0.717) is 24.0 Å². The van der Waals surface area contributed by atoms with Crippen LogP contribution in [0.15, 0.2) is 54.6 Å². The lowest BCUT2D eigenvalue weighted by molar-refractivity contribution is -0.0675. The molecule has 1 heterocycles. The van der Waals surface area contributed by atoms with Gasteiger partial charge in [-0.25, -0.2) is 0 Å². The Morgan fingerprint density at radius 2 is 1.62 bits per heavy atom. The number of ether oxygens (including phenoxy) is 1. The molecule has 0 spiro atoms. The largest absolute Gasteiger partial charge is 0.494 e. The summed E-state index contributed by atoms with van der Waals surface area (Å²) < 4.78 is 5.79. The molecule has 1 saturated heterocycles. The normalized spacial score (nSPS) is 20.0. The average molecular weight is 391 g/mol. The highest BCUT2D eigenvalue weighted by Gasteiger charge is 2.50. The van der Waals surface area contributed by atoms with E-state index in [1.807, 2.05) is 30.3 Å². The number of nitriles is 1. The second kappa shape index (κ2) is 8.98. The number of piperidine rings is 1. The van der Waals surface area contributed by atoms with Gasteiger partial charge in [0.1, 0.15) is 5.75 Å². The van der Waals surface area contributed by atoms with Crippen molar-refractivity contribution < 1.29 is 9.84 Å². The monoisotopic (exact) mass is 390 g/mol. The first-order valence-electron chi connectivity index (χ1n) is 10.8. The first-order valence-corrected chi connectivity index (χ1v) is 10.8. The summed E-state index contributed by atoms with van der Waals surface area (Å²) in [4.78, 5) is 2.50. The zero-order valence-electron chi connectivity index (χ0n) is 17.0. The average Bonchev–Trinajstić information content (AvgIpc) is 3.63. The highest BCUT2D eigenvalue weighted by atomic mass is 16.5. The van der Waals surface area contributed by atoms with E-state index >= 15 is 0 Å². The lowest BCUT2D eigenvalue weighted by Crippen LogP contribution is -2.45. The first-order chi connectivity index (χ1) is 14.2. The molecule has 0 unspecified atom stereocenters. The highest BCUT2D eigenvalue weighted by molar-refractivity contribution is 5.34. The third kappa shape index (κ3) is 4.63. The van der Waals surface area contributed by atoms with Gasteiger partial charge in [0.2, 0.25) is 0 Å². The second-order valence-corrected chi connectivity index (χ2v) is 8.42. The smallest absolute Gasteiger partial charge is 0.119 e. The SMILES string of the molecule is N#Cc1ccc(OCCCN2CCC([C@@](O)(c3ccccc3)C3CC3)CC2)cc1. The van der Waals surface area contributed by atoms with Crippen LogP contribution in [-0.2, 0) is 5.60 Å². The summed E-state index contributed by atoms with van der Waals surface area (Å²) in [5, 5.41) is 20.5. The maximum Gasteiger partial charge on any atom is 0.119 e. The van der Waals surface area contributed by atoms with Crippen molar-refractivity contribution in [1.29, 1.82) is 5.26 Å².